The molecule has 1 heterocycles. The summed E-state index contributed by atoms with van der Waals surface area (Å²) < 4.78 is 17.5. The number of thiophene rings is 1. The molecule has 3 rings (SSSR count). The molecule has 1 aliphatic rings. The van der Waals surface area contributed by atoms with E-state index in [9.17, 15) is 18.8 Å². The van der Waals surface area contributed by atoms with Crippen molar-refractivity contribution in [1.29, 1.82) is 0 Å². The van der Waals surface area contributed by atoms with E-state index in [1.807, 2.05) is 0 Å². The van der Waals surface area contributed by atoms with E-state index in [0.29, 0.717) is 16.1 Å². The number of nitrogens with one attached hydrogen (secondary N) is 2. The predicted octanol–water partition coefficient (Wildman–Crippen LogP) is 3.44. The van der Waals surface area contributed by atoms with Crippen molar-refractivity contribution in [2.75, 3.05) is 12.4 Å². The Bertz CT molecular complexity index is 877. The smallest absolute Gasteiger partial charge is 0.413 e. The fourth-order valence-corrected chi connectivity index (χ4v) is 4.36. The molecule has 0 atom stereocenters. The normalized spacial score (nSPS) is 12.8. The van der Waals surface area contributed by atoms with E-state index < -0.39 is 12.0 Å². The van der Waals surface area contributed by atoms with Gasteiger partial charge in [0, 0.05) is 4.88 Å². The molecule has 0 bridgehead atoms. The molecule has 1 aliphatic carbocycles. The van der Waals surface area contributed by atoms with E-state index in [1.54, 1.807) is 12.1 Å². The van der Waals surface area contributed by atoms with Crippen molar-refractivity contribution in [3.63, 3.8) is 0 Å². The third-order valence-corrected chi connectivity index (χ3v) is 5.54. The number of ether oxygens (including phenoxy) is 1. The highest BCUT2D eigenvalue weighted by molar-refractivity contribution is 7.17. The first-order chi connectivity index (χ1) is 13.0. The molecule has 27 heavy (non-hydrogen) atoms. The lowest BCUT2D eigenvalue weighted by Gasteiger charge is -2.12. The minimum absolute atomic E-state index is 0.0565. The minimum atomic E-state index is -0.848. The Kier molecular flexibility index (Phi) is 5.85. The number of benzene rings is 1. The van der Waals surface area contributed by atoms with Crippen molar-refractivity contribution >= 4 is 34.2 Å². The SMILES string of the molecule is COC(=O)NC(=O)c1c(NC(=O)Cc2ccc(F)cc2)sc2c1CCCC2. The Morgan fingerprint density at radius 1 is 1.15 bits per heavy atom. The predicted molar refractivity (Wildman–Crippen MR) is 99.6 cm³/mol. The maximum absolute atomic E-state index is 13.0. The number of carbonyl (C=O) groups is 3. The molecular formula is C19H19FN2O4S. The summed E-state index contributed by atoms with van der Waals surface area (Å²) in [5, 5.41) is 5.37. The topological polar surface area (TPSA) is 84.5 Å². The minimum Gasteiger partial charge on any atom is -0.453 e. The summed E-state index contributed by atoms with van der Waals surface area (Å²) in [6, 6.07) is 5.67. The van der Waals surface area contributed by atoms with Crippen LogP contribution in [0, 0.1) is 5.82 Å². The van der Waals surface area contributed by atoms with Crippen LogP contribution in [0.1, 0.15) is 39.2 Å². The Morgan fingerprint density at radius 3 is 2.56 bits per heavy atom. The second kappa shape index (κ2) is 8.30. The molecule has 0 saturated heterocycles. The van der Waals surface area contributed by atoms with Crippen LogP contribution in [0.2, 0.25) is 0 Å². The molecule has 0 saturated carbocycles. The molecule has 142 valence electrons. The number of carbonyl (C=O) groups excluding carboxylic acids is 3. The second-order valence-electron chi connectivity index (χ2n) is 6.21. The summed E-state index contributed by atoms with van der Waals surface area (Å²) in [5.74, 6) is -1.27. The standard InChI is InChI=1S/C19H19FN2O4S/c1-26-19(25)22-17(24)16-13-4-2-3-5-14(13)27-18(16)21-15(23)10-11-6-8-12(20)9-7-11/h6-9H,2-5,10H2,1H3,(H,21,23)(H,22,24,25). The van der Waals surface area contributed by atoms with Crippen LogP contribution in [-0.4, -0.2) is 25.0 Å². The molecule has 0 radical (unpaired) electrons. The molecule has 1 aromatic heterocycles. The zero-order chi connectivity index (χ0) is 19.4. The average Bonchev–Trinajstić information content (AvgIpc) is 3.01. The second-order valence-corrected chi connectivity index (χ2v) is 7.32. The maximum atomic E-state index is 13.0. The van der Waals surface area contributed by atoms with Gasteiger partial charge in [0.15, 0.2) is 0 Å². The molecular weight excluding hydrogens is 371 g/mol. The van der Waals surface area contributed by atoms with Gasteiger partial charge < -0.3 is 10.1 Å². The van der Waals surface area contributed by atoms with Crippen LogP contribution in [0.5, 0.6) is 0 Å². The van der Waals surface area contributed by atoms with Gasteiger partial charge in [-0.15, -0.1) is 11.3 Å². The summed E-state index contributed by atoms with van der Waals surface area (Å²) in [7, 11) is 1.18. The number of anilines is 1. The first kappa shape index (κ1) is 19.0. The molecule has 0 spiro atoms. The zero-order valence-corrected chi connectivity index (χ0v) is 15.6. The fourth-order valence-electron chi connectivity index (χ4n) is 3.06. The van der Waals surface area contributed by atoms with Gasteiger partial charge in [0.25, 0.3) is 5.91 Å². The first-order valence-corrected chi connectivity index (χ1v) is 9.37. The van der Waals surface area contributed by atoms with E-state index in [1.165, 1.54) is 30.6 Å². The summed E-state index contributed by atoms with van der Waals surface area (Å²) in [6.45, 7) is 0. The van der Waals surface area contributed by atoms with Crippen LogP contribution in [0.4, 0.5) is 14.2 Å². The largest absolute Gasteiger partial charge is 0.453 e. The molecule has 6 nitrogen and oxygen atoms in total. The van der Waals surface area contributed by atoms with Gasteiger partial charge in [-0.3, -0.25) is 14.9 Å². The van der Waals surface area contributed by atoms with Crippen molar-refractivity contribution in [2.24, 2.45) is 0 Å². The van der Waals surface area contributed by atoms with Gasteiger partial charge >= 0.3 is 6.09 Å². The number of rotatable bonds is 4. The quantitative estimate of drug-likeness (QED) is 0.838. The third-order valence-electron chi connectivity index (χ3n) is 4.33. The Morgan fingerprint density at radius 2 is 1.85 bits per heavy atom. The van der Waals surface area contributed by atoms with Crippen LogP contribution >= 0.6 is 11.3 Å². The number of methoxy groups -OCH3 is 1. The van der Waals surface area contributed by atoms with E-state index in [2.05, 4.69) is 15.4 Å². The van der Waals surface area contributed by atoms with Gasteiger partial charge in [0.2, 0.25) is 5.91 Å². The van der Waals surface area contributed by atoms with Crippen molar-refractivity contribution in [3.05, 3.63) is 51.7 Å². The summed E-state index contributed by atoms with van der Waals surface area (Å²) in [5.41, 5.74) is 1.87. The van der Waals surface area contributed by atoms with Crippen LogP contribution in [-0.2, 0) is 28.8 Å². The van der Waals surface area contributed by atoms with Gasteiger partial charge in [0.05, 0.1) is 19.1 Å². The Hall–Kier alpha value is -2.74. The van der Waals surface area contributed by atoms with Crippen molar-refractivity contribution in [2.45, 2.75) is 32.1 Å². The lowest BCUT2D eigenvalue weighted by molar-refractivity contribution is -0.115. The first-order valence-electron chi connectivity index (χ1n) is 8.56. The lowest BCUT2D eigenvalue weighted by atomic mass is 9.95. The van der Waals surface area contributed by atoms with Gasteiger partial charge in [-0.1, -0.05) is 12.1 Å². The number of hydrogen-bond donors (Lipinski definition) is 2. The summed E-state index contributed by atoms with van der Waals surface area (Å²) in [6.07, 6.45) is 2.75. The van der Waals surface area contributed by atoms with Crippen molar-refractivity contribution in [3.8, 4) is 0 Å². The lowest BCUT2D eigenvalue weighted by Crippen LogP contribution is -2.31. The summed E-state index contributed by atoms with van der Waals surface area (Å²) in [4.78, 5) is 37.4. The zero-order valence-electron chi connectivity index (χ0n) is 14.8. The van der Waals surface area contributed by atoms with Gasteiger partial charge in [0.1, 0.15) is 10.8 Å². The molecule has 1 aromatic carbocycles. The number of fused-ring (bicyclic) bond motifs is 1. The average molecular weight is 390 g/mol. The van der Waals surface area contributed by atoms with Gasteiger partial charge in [-0.25, -0.2) is 9.18 Å². The van der Waals surface area contributed by atoms with Crippen LogP contribution in [0.3, 0.4) is 0 Å². The number of imide groups is 1. The third kappa shape index (κ3) is 4.51. The molecule has 2 N–H and O–H groups in total. The molecule has 0 aliphatic heterocycles. The summed E-state index contributed by atoms with van der Waals surface area (Å²) >= 11 is 1.36. The Balaban J connectivity index is 1.82. The van der Waals surface area contributed by atoms with Crippen molar-refractivity contribution in [1.82, 2.24) is 5.32 Å². The van der Waals surface area contributed by atoms with E-state index in [4.69, 9.17) is 0 Å². The van der Waals surface area contributed by atoms with Gasteiger partial charge in [-0.2, -0.15) is 0 Å². The molecule has 3 amide bonds. The van der Waals surface area contributed by atoms with E-state index in [-0.39, 0.29) is 18.1 Å². The fraction of sp³-hybridized carbons (Fsp3) is 0.316. The highest BCUT2D eigenvalue weighted by Gasteiger charge is 2.27. The number of aryl methyl sites for hydroxylation is 1. The monoisotopic (exact) mass is 390 g/mol. The van der Waals surface area contributed by atoms with E-state index in [0.717, 1.165) is 36.1 Å². The van der Waals surface area contributed by atoms with Crippen LogP contribution < -0.4 is 10.6 Å². The van der Waals surface area contributed by atoms with Crippen LogP contribution in [0.15, 0.2) is 24.3 Å². The number of hydrogen-bond acceptors (Lipinski definition) is 5. The number of halogens is 1. The number of amides is 3. The highest BCUT2D eigenvalue weighted by atomic mass is 32.1. The van der Waals surface area contributed by atoms with Crippen LogP contribution in [0.25, 0.3) is 0 Å². The molecule has 0 unspecified atom stereocenters. The Labute approximate surface area is 159 Å². The van der Waals surface area contributed by atoms with Crippen molar-refractivity contribution < 1.29 is 23.5 Å². The number of alkyl carbamates (subject to hydrolysis) is 1. The molecule has 0 fully saturated rings. The van der Waals surface area contributed by atoms with Gasteiger partial charge in [-0.05, 0) is 48.9 Å². The van der Waals surface area contributed by atoms with E-state index >= 15 is 0 Å². The molecule has 2 aromatic rings. The maximum Gasteiger partial charge on any atom is 0.413 e. The molecule has 8 heteroatoms. The highest BCUT2D eigenvalue weighted by Crippen LogP contribution is 2.38.